The molecule has 21 heavy (non-hydrogen) atoms. The van der Waals surface area contributed by atoms with E-state index in [9.17, 15) is 4.79 Å². The maximum absolute atomic E-state index is 11.8. The Bertz CT molecular complexity index is 742. The summed E-state index contributed by atoms with van der Waals surface area (Å²) in [6.07, 6.45) is 12.1. The molecule has 2 aromatic rings. The van der Waals surface area contributed by atoms with E-state index in [-0.39, 0.29) is 5.91 Å². The van der Waals surface area contributed by atoms with Gasteiger partial charge >= 0.3 is 0 Å². The molecular weight excluding hydrogens is 260 g/mol. The van der Waals surface area contributed by atoms with Gasteiger partial charge in [-0.3, -0.25) is 4.79 Å². The van der Waals surface area contributed by atoms with E-state index in [1.807, 2.05) is 24.3 Å². The molecule has 3 nitrogen and oxygen atoms in total. The van der Waals surface area contributed by atoms with E-state index in [0.717, 1.165) is 16.7 Å². The average molecular weight is 272 g/mol. The van der Waals surface area contributed by atoms with E-state index in [2.05, 4.69) is 22.4 Å². The van der Waals surface area contributed by atoms with Gasteiger partial charge in [-0.2, -0.15) is 5.10 Å². The minimum atomic E-state index is -0.296. The molecule has 1 amide bonds. The van der Waals surface area contributed by atoms with Gasteiger partial charge in [-0.15, -0.1) is 12.8 Å². The van der Waals surface area contributed by atoms with Crippen molar-refractivity contribution in [1.82, 2.24) is 5.43 Å². The number of amides is 1. The van der Waals surface area contributed by atoms with Gasteiger partial charge in [0.1, 0.15) is 0 Å². The Morgan fingerprint density at radius 3 is 2.00 bits per heavy atom. The van der Waals surface area contributed by atoms with Crippen LogP contribution in [0.15, 0.2) is 53.6 Å². The molecule has 0 heterocycles. The fraction of sp³-hybridized carbons (Fsp3) is 0. The maximum Gasteiger partial charge on any atom is 0.271 e. The Kier molecular flexibility index (Phi) is 4.54. The molecule has 0 aliphatic carbocycles. The molecule has 2 rings (SSSR count). The number of nitrogens with one attached hydrogen (secondary N) is 1. The SMILES string of the molecule is C#Cc1ccc(/C=N/NC(=O)c2ccc(C#C)cc2)cc1. The van der Waals surface area contributed by atoms with Crippen LogP contribution in [0.1, 0.15) is 27.0 Å². The van der Waals surface area contributed by atoms with Crippen molar-refractivity contribution in [2.45, 2.75) is 0 Å². The first kappa shape index (κ1) is 14.1. The quantitative estimate of drug-likeness (QED) is 0.520. The zero-order valence-electron chi connectivity index (χ0n) is 11.2. The first-order valence-corrected chi connectivity index (χ1v) is 6.19. The lowest BCUT2D eigenvalue weighted by atomic mass is 10.1. The van der Waals surface area contributed by atoms with Crippen molar-refractivity contribution >= 4 is 12.1 Å². The van der Waals surface area contributed by atoms with Gasteiger partial charge in [-0.1, -0.05) is 24.0 Å². The molecule has 0 saturated carbocycles. The number of hydrogen-bond acceptors (Lipinski definition) is 2. The van der Waals surface area contributed by atoms with Crippen molar-refractivity contribution in [3.05, 3.63) is 70.8 Å². The summed E-state index contributed by atoms with van der Waals surface area (Å²) < 4.78 is 0. The van der Waals surface area contributed by atoms with Gasteiger partial charge in [0, 0.05) is 16.7 Å². The van der Waals surface area contributed by atoms with E-state index < -0.39 is 0 Å². The van der Waals surface area contributed by atoms with Gasteiger partial charge < -0.3 is 0 Å². The van der Waals surface area contributed by atoms with Gasteiger partial charge in [-0.05, 0) is 42.0 Å². The first-order valence-electron chi connectivity index (χ1n) is 6.19. The van der Waals surface area contributed by atoms with E-state index in [1.165, 1.54) is 0 Å². The second-order valence-corrected chi connectivity index (χ2v) is 4.19. The summed E-state index contributed by atoms with van der Waals surface area (Å²) >= 11 is 0. The molecule has 0 bridgehead atoms. The van der Waals surface area contributed by atoms with Crippen LogP contribution in [0.4, 0.5) is 0 Å². The highest BCUT2D eigenvalue weighted by atomic mass is 16.2. The number of carbonyl (C=O) groups excluding carboxylic acids is 1. The maximum atomic E-state index is 11.8. The third-order valence-electron chi connectivity index (χ3n) is 2.77. The minimum Gasteiger partial charge on any atom is -0.267 e. The van der Waals surface area contributed by atoms with E-state index in [0.29, 0.717) is 5.56 Å². The highest BCUT2D eigenvalue weighted by molar-refractivity contribution is 5.95. The molecule has 0 aliphatic heterocycles. The molecule has 3 heteroatoms. The Balaban J connectivity index is 1.98. The third kappa shape index (κ3) is 3.83. The molecular formula is C18H12N2O. The summed E-state index contributed by atoms with van der Waals surface area (Å²) in [6, 6.07) is 14.0. The van der Waals surface area contributed by atoms with Crippen molar-refractivity contribution in [2.75, 3.05) is 0 Å². The molecule has 100 valence electrons. The summed E-state index contributed by atoms with van der Waals surface area (Å²) in [5, 5.41) is 3.90. The zero-order valence-corrected chi connectivity index (χ0v) is 11.2. The van der Waals surface area contributed by atoms with Crippen LogP contribution in [0.25, 0.3) is 0 Å². The van der Waals surface area contributed by atoms with E-state index in [1.54, 1.807) is 30.5 Å². The van der Waals surface area contributed by atoms with Crippen LogP contribution < -0.4 is 5.43 Å². The highest BCUT2D eigenvalue weighted by Crippen LogP contribution is 2.03. The van der Waals surface area contributed by atoms with Crippen molar-refractivity contribution < 1.29 is 4.79 Å². The second-order valence-electron chi connectivity index (χ2n) is 4.19. The van der Waals surface area contributed by atoms with Crippen molar-refractivity contribution in [3.8, 4) is 24.7 Å². The molecule has 1 N–H and O–H groups in total. The second kappa shape index (κ2) is 6.75. The molecule has 0 radical (unpaired) electrons. The number of nitrogens with zero attached hydrogens (tertiary/aromatic N) is 1. The summed E-state index contributed by atoms with van der Waals surface area (Å²) in [7, 11) is 0. The summed E-state index contributed by atoms with van der Waals surface area (Å²) in [4.78, 5) is 11.8. The zero-order chi connectivity index (χ0) is 15.1. The summed E-state index contributed by atoms with van der Waals surface area (Å²) in [6.45, 7) is 0. The third-order valence-corrected chi connectivity index (χ3v) is 2.77. The number of terminal acetylenes is 2. The van der Waals surface area contributed by atoms with Crippen molar-refractivity contribution in [3.63, 3.8) is 0 Å². The van der Waals surface area contributed by atoms with Crippen LogP contribution in [-0.2, 0) is 0 Å². The Morgan fingerprint density at radius 1 is 0.952 bits per heavy atom. The predicted octanol–water partition coefficient (Wildman–Crippen LogP) is 2.41. The van der Waals surface area contributed by atoms with Crippen LogP contribution in [0.5, 0.6) is 0 Å². The Morgan fingerprint density at radius 2 is 1.48 bits per heavy atom. The largest absolute Gasteiger partial charge is 0.271 e. The molecule has 0 saturated heterocycles. The van der Waals surface area contributed by atoms with Gasteiger partial charge in [0.05, 0.1) is 6.21 Å². The normalized spacial score (nSPS) is 9.81. The number of hydrazone groups is 1. The summed E-state index contributed by atoms with van der Waals surface area (Å²) in [5.74, 6) is 4.73. The van der Waals surface area contributed by atoms with Crippen LogP contribution in [0.3, 0.4) is 0 Å². The molecule has 0 atom stereocenters. The molecule has 0 spiro atoms. The van der Waals surface area contributed by atoms with Crippen LogP contribution in [0.2, 0.25) is 0 Å². The van der Waals surface area contributed by atoms with Crippen LogP contribution in [0, 0.1) is 24.7 Å². The van der Waals surface area contributed by atoms with Gasteiger partial charge in [-0.25, -0.2) is 5.43 Å². The van der Waals surface area contributed by atoms with E-state index >= 15 is 0 Å². The minimum absolute atomic E-state index is 0.296. The Labute approximate surface area is 123 Å². The molecule has 0 aromatic heterocycles. The average Bonchev–Trinajstić information content (AvgIpc) is 2.55. The molecule has 0 aliphatic rings. The fourth-order valence-electron chi connectivity index (χ4n) is 1.61. The van der Waals surface area contributed by atoms with Crippen LogP contribution >= 0.6 is 0 Å². The first-order chi connectivity index (χ1) is 10.2. The topological polar surface area (TPSA) is 41.5 Å². The number of hydrogen-bond donors (Lipinski definition) is 1. The monoisotopic (exact) mass is 272 g/mol. The lowest BCUT2D eigenvalue weighted by Gasteiger charge is -2.00. The fourth-order valence-corrected chi connectivity index (χ4v) is 1.61. The molecule has 2 aromatic carbocycles. The Hall–Kier alpha value is -3.30. The number of carbonyl (C=O) groups is 1. The van der Waals surface area contributed by atoms with Crippen molar-refractivity contribution in [1.29, 1.82) is 0 Å². The molecule has 0 unspecified atom stereocenters. The smallest absolute Gasteiger partial charge is 0.267 e. The van der Waals surface area contributed by atoms with Gasteiger partial charge in [0.2, 0.25) is 0 Å². The van der Waals surface area contributed by atoms with E-state index in [4.69, 9.17) is 12.8 Å². The lowest BCUT2D eigenvalue weighted by molar-refractivity contribution is 0.0955. The van der Waals surface area contributed by atoms with Gasteiger partial charge in [0.15, 0.2) is 0 Å². The highest BCUT2D eigenvalue weighted by Gasteiger charge is 2.02. The van der Waals surface area contributed by atoms with Gasteiger partial charge in [0.25, 0.3) is 5.91 Å². The van der Waals surface area contributed by atoms with Crippen molar-refractivity contribution in [2.24, 2.45) is 5.10 Å². The standard InChI is InChI=1S/C18H12N2O/c1-3-14-5-7-16(8-6-14)13-19-20-18(21)17-11-9-15(4-2)10-12-17/h1-2,5-13H,(H,20,21)/b19-13+. The predicted molar refractivity (Wildman–Crippen MR) is 83.8 cm³/mol. The number of benzene rings is 2. The summed E-state index contributed by atoms with van der Waals surface area (Å²) in [5.41, 5.74) is 5.31. The van der Waals surface area contributed by atoms with Crippen LogP contribution in [-0.4, -0.2) is 12.1 Å². The molecule has 0 fully saturated rings. The number of rotatable bonds is 3. The lowest BCUT2D eigenvalue weighted by Crippen LogP contribution is -2.17.